The van der Waals surface area contributed by atoms with Gasteiger partial charge in [-0.3, -0.25) is 14.5 Å². The lowest BCUT2D eigenvalue weighted by Gasteiger charge is -2.26. The van der Waals surface area contributed by atoms with Gasteiger partial charge in [-0.2, -0.15) is 0 Å². The van der Waals surface area contributed by atoms with Gasteiger partial charge in [0, 0.05) is 19.0 Å². The summed E-state index contributed by atoms with van der Waals surface area (Å²) in [6.07, 6.45) is -0.205. The van der Waals surface area contributed by atoms with Crippen molar-refractivity contribution >= 4 is 23.6 Å². The van der Waals surface area contributed by atoms with Crippen molar-refractivity contribution in [2.24, 2.45) is 0 Å². The number of nitrogens with one attached hydrogen (secondary N) is 3. The Morgan fingerprint density at radius 3 is 2.56 bits per heavy atom. The predicted octanol–water partition coefficient (Wildman–Crippen LogP) is 1.93. The van der Waals surface area contributed by atoms with Crippen molar-refractivity contribution in [3.05, 3.63) is 53.8 Å². The second-order valence-corrected chi connectivity index (χ2v) is 7.93. The third-order valence-corrected chi connectivity index (χ3v) is 5.59. The highest BCUT2D eigenvalue weighted by Gasteiger charge is 2.32. The highest BCUT2D eigenvalue weighted by molar-refractivity contribution is 5.90. The number of cyclic esters (lactones) is 1. The van der Waals surface area contributed by atoms with Crippen molar-refractivity contribution < 1.29 is 23.5 Å². The molecule has 0 radical (unpaired) electrons. The number of hydrogen-bond donors (Lipinski definition) is 3. The van der Waals surface area contributed by atoms with Crippen molar-refractivity contribution in [2.45, 2.75) is 32.0 Å². The number of anilines is 1. The first-order valence-electron chi connectivity index (χ1n) is 10.5. The highest BCUT2D eigenvalue weighted by atomic mass is 19.1. The van der Waals surface area contributed by atoms with Gasteiger partial charge in [0.05, 0.1) is 24.8 Å². The fourth-order valence-electron chi connectivity index (χ4n) is 3.63. The Morgan fingerprint density at radius 2 is 1.94 bits per heavy atom. The zero-order chi connectivity index (χ0) is 22.7. The number of rotatable bonds is 7. The van der Waals surface area contributed by atoms with E-state index in [4.69, 9.17) is 4.74 Å². The zero-order valence-electron chi connectivity index (χ0n) is 17.7. The van der Waals surface area contributed by atoms with E-state index in [0.29, 0.717) is 23.4 Å². The molecule has 2 aromatic rings. The smallest absolute Gasteiger partial charge is 0.414 e. The second-order valence-electron chi connectivity index (χ2n) is 7.93. The second kappa shape index (κ2) is 9.35. The Labute approximate surface area is 185 Å². The van der Waals surface area contributed by atoms with Gasteiger partial charge < -0.3 is 20.7 Å². The summed E-state index contributed by atoms with van der Waals surface area (Å²) < 4.78 is 20.1. The molecule has 2 aliphatic rings. The molecule has 2 unspecified atom stereocenters. The van der Waals surface area contributed by atoms with Crippen LogP contribution in [-0.4, -0.2) is 49.7 Å². The largest absolute Gasteiger partial charge is 0.442 e. The molecule has 3 N–H and O–H groups in total. The van der Waals surface area contributed by atoms with Gasteiger partial charge in [-0.05, 0) is 42.3 Å². The SMILES string of the molecule is CC(=O)NCC1CN(c2ccc(-c3ccc(CNC(=O)C4CCN4)cc3)c(F)c2)C(=O)O1. The molecule has 2 atom stereocenters. The first-order chi connectivity index (χ1) is 15.4. The molecule has 2 saturated heterocycles. The van der Waals surface area contributed by atoms with Gasteiger partial charge in [0.15, 0.2) is 0 Å². The first-order valence-corrected chi connectivity index (χ1v) is 10.5. The van der Waals surface area contributed by atoms with Gasteiger partial charge in [0.25, 0.3) is 0 Å². The standard InChI is InChI=1S/C23H25FN4O4/c1-14(29)26-12-18-13-28(23(31)32-18)17-6-7-19(20(24)10-17)16-4-2-15(3-5-16)11-27-22(30)21-8-9-25-21/h2-7,10,18,21,25H,8-9,11-13H2,1H3,(H,26,29)(H,27,30). The molecule has 0 bridgehead atoms. The van der Waals surface area contributed by atoms with E-state index in [1.165, 1.54) is 17.9 Å². The Morgan fingerprint density at radius 1 is 1.19 bits per heavy atom. The van der Waals surface area contributed by atoms with Gasteiger partial charge in [-0.15, -0.1) is 0 Å². The number of nitrogens with zero attached hydrogens (tertiary/aromatic N) is 1. The van der Waals surface area contributed by atoms with Crippen molar-refractivity contribution in [1.29, 1.82) is 0 Å². The first kappa shape index (κ1) is 21.8. The number of carbonyl (C=O) groups excluding carboxylic acids is 3. The van der Waals surface area contributed by atoms with Crippen LogP contribution in [0.5, 0.6) is 0 Å². The van der Waals surface area contributed by atoms with Crippen molar-refractivity contribution in [3.63, 3.8) is 0 Å². The van der Waals surface area contributed by atoms with Crippen LogP contribution < -0.4 is 20.9 Å². The maximum absolute atomic E-state index is 14.9. The van der Waals surface area contributed by atoms with Crippen LogP contribution in [0.25, 0.3) is 11.1 Å². The molecule has 0 aromatic heterocycles. The summed E-state index contributed by atoms with van der Waals surface area (Å²) in [6, 6.07) is 11.8. The summed E-state index contributed by atoms with van der Waals surface area (Å²) in [7, 11) is 0. The molecular formula is C23H25FN4O4. The lowest BCUT2D eigenvalue weighted by Crippen LogP contribution is -2.52. The van der Waals surface area contributed by atoms with Crippen LogP contribution in [0.15, 0.2) is 42.5 Å². The number of halogens is 1. The fraction of sp³-hybridized carbons (Fsp3) is 0.348. The van der Waals surface area contributed by atoms with E-state index in [9.17, 15) is 18.8 Å². The minimum atomic E-state index is -0.573. The molecule has 0 aliphatic carbocycles. The summed E-state index contributed by atoms with van der Waals surface area (Å²) in [4.78, 5) is 36.4. The van der Waals surface area contributed by atoms with Crippen LogP contribution in [0, 0.1) is 5.82 Å². The number of carbonyl (C=O) groups is 3. The Bertz CT molecular complexity index is 1020. The average molecular weight is 440 g/mol. The Balaban J connectivity index is 1.39. The van der Waals surface area contributed by atoms with E-state index in [2.05, 4.69) is 16.0 Å². The summed E-state index contributed by atoms with van der Waals surface area (Å²) in [6.45, 7) is 3.11. The molecule has 0 saturated carbocycles. The van der Waals surface area contributed by atoms with Crippen LogP contribution in [0.1, 0.15) is 18.9 Å². The monoisotopic (exact) mass is 440 g/mol. The van der Waals surface area contributed by atoms with E-state index in [1.54, 1.807) is 24.3 Å². The lowest BCUT2D eigenvalue weighted by molar-refractivity contribution is -0.125. The maximum Gasteiger partial charge on any atom is 0.414 e. The maximum atomic E-state index is 14.9. The molecule has 9 heteroatoms. The van der Waals surface area contributed by atoms with E-state index in [0.717, 1.165) is 18.5 Å². The Kier molecular flexibility index (Phi) is 6.36. The van der Waals surface area contributed by atoms with Crippen LogP contribution in [0.4, 0.5) is 14.9 Å². The highest BCUT2D eigenvalue weighted by Crippen LogP contribution is 2.29. The number of amides is 3. The Hall–Kier alpha value is -3.46. The minimum Gasteiger partial charge on any atom is -0.442 e. The molecule has 8 nitrogen and oxygen atoms in total. The van der Waals surface area contributed by atoms with Gasteiger partial charge in [-0.25, -0.2) is 9.18 Å². The quantitative estimate of drug-likeness (QED) is 0.611. The molecule has 168 valence electrons. The number of benzene rings is 2. The van der Waals surface area contributed by atoms with Crippen LogP contribution in [0.2, 0.25) is 0 Å². The fourth-order valence-corrected chi connectivity index (χ4v) is 3.63. The molecule has 32 heavy (non-hydrogen) atoms. The van der Waals surface area contributed by atoms with E-state index < -0.39 is 18.0 Å². The topological polar surface area (TPSA) is 99.8 Å². The average Bonchev–Trinajstić information content (AvgIpc) is 3.10. The van der Waals surface area contributed by atoms with Gasteiger partial charge in [0.1, 0.15) is 11.9 Å². The molecule has 2 aromatic carbocycles. The third-order valence-electron chi connectivity index (χ3n) is 5.59. The number of ether oxygens (including phenoxy) is 1. The van der Waals surface area contributed by atoms with Gasteiger partial charge >= 0.3 is 6.09 Å². The van der Waals surface area contributed by atoms with Crippen molar-refractivity contribution in [3.8, 4) is 11.1 Å². The van der Waals surface area contributed by atoms with Crippen molar-refractivity contribution in [1.82, 2.24) is 16.0 Å². The summed E-state index contributed by atoms with van der Waals surface area (Å²) in [5.74, 6) is -0.682. The van der Waals surface area contributed by atoms with Crippen LogP contribution >= 0.6 is 0 Å². The van der Waals surface area contributed by atoms with Crippen LogP contribution in [-0.2, 0) is 20.9 Å². The van der Waals surface area contributed by atoms with E-state index in [1.807, 2.05) is 12.1 Å². The molecular weight excluding hydrogens is 415 g/mol. The molecule has 2 heterocycles. The summed E-state index contributed by atoms with van der Waals surface area (Å²) >= 11 is 0. The predicted molar refractivity (Wildman–Crippen MR) is 116 cm³/mol. The van der Waals surface area contributed by atoms with E-state index >= 15 is 0 Å². The molecule has 0 spiro atoms. The van der Waals surface area contributed by atoms with Gasteiger partial charge in [-0.1, -0.05) is 24.3 Å². The van der Waals surface area contributed by atoms with Crippen molar-refractivity contribution in [2.75, 3.05) is 24.5 Å². The normalized spacial score (nSPS) is 19.8. The summed E-state index contributed by atoms with van der Waals surface area (Å²) in [5.41, 5.74) is 2.41. The van der Waals surface area contributed by atoms with Crippen LogP contribution in [0.3, 0.4) is 0 Å². The summed E-state index contributed by atoms with van der Waals surface area (Å²) in [5, 5.41) is 8.55. The minimum absolute atomic E-state index is 0.0123. The molecule has 2 aliphatic heterocycles. The van der Waals surface area contributed by atoms with Gasteiger partial charge in [0.2, 0.25) is 11.8 Å². The molecule has 2 fully saturated rings. The molecule has 3 amide bonds. The van der Waals surface area contributed by atoms with E-state index in [-0.39, 0.29) is 30.9 Å². The third kappa shape index (κ3) is 4.88. The zero-order valence-corrected chi connectivity index (χ0v) is 17.7. The lowest BCUT2D eigenvalue weighted by atomic mass is 10.0. The molecule has 4 rings (SSSR count). The number of hydrogen-bond acceptors (Lipinski definition) is 5.